The molecule has 1 heterocycles. The summed E-state index contributed by atoms with van der Waals surface area (Å²) < 4.78 is 5.39. The molecule has 1 aromatic heterocycles. The summed E-state index contributed by atoms with van der Waals surface area (Å²) in [6.07, 6.45) is 3.88. The monoisotopic (exact) mass is 365 g/mol. The van der Waals surface area contributed by atoms with E-state index in [1.165, 1.54) is 27.8 Å². The topological polar surface area (TPSA) is 26.0 Å². The van der Waals surface area contributed by atoms with Crippen LogP contribution in [0.3, 0.4) is 0 Å². The average Bonchev–Trinajstić information content (AvgIpc) is 3.14. The van der Waals surface area contributed by atoms with Crippen molar-refractivity contribution < 1.29 is 4.52 Å². The third kappa shape index (κ3) is 3.17. The van der Waals surface area contributed by atoms with Gasteiger partial charge in [-0.05, 0) is 62.5 Å². The molecular weight excluding hydrogens is 330 g/mol. The van der Waals surface area contributed by atoms with Gasteiger partial charge in [-0.3, -0.25) is 0 Å². The van der Waals surface area contributed by atoms with Gasteiger partial charge in [0.05, 0.1) is 6.20 Å². The lowest BCUT2D eigenvalue weighted by molar-refractivity contribution is 0.264. The fraction of sp³-hybridized carbons (Fsp3) is 0.560. The van der Waals surface area contributed by atoms with Crippen molar-refractivity contribution in [1.82, 2.24) is 5.16 Å². The summed E-state index contributed by atoms with van der Waals surface area (Å²) in [4.78, 5) is 0. The predicted octanol–water partition coefficient (Wildman–Crippen LogP) is 7.20. The normalized spacial score (nSPS) is 21.1. The van der Waals surface area contributed by atoms with Gasteiger partial charge in [0.15, 0.2) is 5.76 Å². The Bertz CT molecular complexity index is 851. The second-order valence-corrected chi connectivity index (χ2v) is 9.97. The van der Waals surface area contributed by atoms with Gasteiger partial charge in [-0.25, -0.2) is 0 Å². The summed E-state index contributed by atoms with van der Waals surface area (Å²) in [6.45, 7) is 21.1. The van der Waals surface area contributed by atoms with Crippen molar-refractivity contribution in [3.8, 4) is 0 Å². The second-order valence-electron chi connectivity index (χ2n) is 9.97. The highest BCUT2D eigenvalue weighted by Gasteiger charge is 2.48. The number of nitrogens with zero attached hydrogens (tertiary/aromatic N) is 1. The standard InChI is InChI=1S/C25H35NO/c1-15(2)19(12-18-10-11-26-27-18)21-14-23-22(13-20(21)16(3)4)24(6,7)17(5)25(23,8)9/h10-17H,1-9H3. The van der Waals surface area contributed by atoms with Crippen LogP contribution in [-0.2, 0) is 10.8 Å². The van der Waals surface area contributed by atoms with Crippen LogP contribution < -0.4 is 0 Å². The Kier molecular flexibility index (Phi) is 4.91. The Labute approximate surface area is 165 Å². The van der Waals surface area contributed by atoms with Crippen LogP contribution >= 0.6 is 0 Å². The summed E-state index contributed by atoms with van der Waals surface area (Å²) >= 11 is 0. The lowest BCUT2D eigenvalue weighted by Gasteiger charge is -2.32. The highest BCUT2D eigenvalue weighted by atomic mass is 16.5. The van der Waals surface area contributed by atoms with Gasteiger partial charge in [0.25, 0.3) is 0 Å². The number of allylic oxidation sites excluding steroid dienone is 1. The molecule has 2 nitrogen and oxygen atoms in total. The number of fused-ring (bicyclic) bond motifs is 1. The lowest BCUT2D eigenvalue weighted by atomic mass is 9.71. The highest BCUT2D eigenvalue weighted by Crippen LogP contribution is 2.55. The van der Waals surface area contributed by atoms with Gasteiger partial charge >= 0.3 is 0 Å². The Hall–Kier alpha value is -1.83. The minimum absolute atomic E-state index is 0.164. The van der Waals surface area contributed by atoms with Crippen molar-refractivity contribution in [3.05, 3.63) is 52.4 Å². The van der Waals surface area contributed by atoms with Crippen LogP contribution in [0.25, 0.3) is 11.6 Å². The number of aromatic nitrogens is 1. The van der Waals surface area contributed by atoms with E-state index in [-0.39, 0.29) is 10.8 Å². The highest BCUT2D eigenvalue weighted by molar-refractivity contribution is 5.83. The molecule has 0 bridgehead atoms. The average molecular weight is 366 g/mol. The molecule has 0 spiro atoms. The number of rotatable bonds is 4. The van der Waals surface area contributed by atoms with Gasteiger partial charge in [0.1, 0.15) is 0 Å². The van der Waals surface area contributed by atoms with Gasteiger partial charge in [-0.2, -0.15) is 0 Å². The van der Waals surface area contributed by atoms with E-state index in [2.05, 4.69) is 85.7 Å². The fourth-order valence-electron chi connectivity index (χ4n) is 4.79. The van der Waals surface area contributed by atoms with E-state index in [1.54, 1.807) is 6.20 Å². The SMILES string of the molecule is CC(C)C(=Cc1ccno1)c1cc2c(cc1C(C)C)C(C)(C)C(C)C2(C)C. The minimum Gasteiger partial charge on any atom is -0.357 e. The van der Waals surface area contributed by atoms with Gasteiger partial charge in [-0.15, -0.1) is 0 Å². The molecule has 0 amide bonds. The van der Waals surface area contributed by atoms with Gasteiger partial charge in [-0.1, -0.05) is 79.6 Å². The van der Waals surface area contributed by atoms with Crippen LogP contribution in [-0.4, -0.2) is 5.16 Å². The molecule has 0 radical (unpaired) electrons. The van der Waals surface area contributed by atoms with E-state index in [4.69, 9.17) is 4.52 Å². The molecule has 2 aromatic rings. The molecule has 0 saturated carbocycles. The van der Waals surface area contributed by atoms with E-state index in [0.717, 1.165) is 5.76 Å². The smallest absolute Gasteiger partial charge is 0.159 e. The maximum absolute atomic E-state index is 5.39. The molecule has 0 saturated heterocycles. The maximum atomic E-state index is 5.39. The Morgan fingerprint density at radius 1 is 1.04 bits per heavy atom. The van der Waals surface area contributed by atoms with Crippen LogP contribution in [0.5, 0.6) is 0 Å². The summed E-state index contributed by atoms with van der Waals surface area (Å²) in [7, 11) is 0. The van der Waals surface area contributed by atoms with E-state index in [9.17, 15) is 0 Å². The van der Waals surface area contributed by atoms with Crippen molar-refractivity contribution in [2.75, 3.05) is 0 Å². The zero-order valence-corrected chi connectivity index (χ0v) is 18.5. The maximum Gasteiger partial charge on any atom is 0.159 e. The molecule has 2 heteroatoms. The number of hydrogen-bond acceptors (Lipinski definition) is 2. The second kappa shape index (κ2) is 6.65. The first-order valence-corrected chi connectivity index (χ1v) is 10.3. The van der Waals surface area contributed by atoms with Crippen LogP contribution in [0.4, 0.5) is 0 Å². The Morgan fingerprint density at radius 2 is 1.63 bits per heavy atom. The van der Waals surface area contributed by atoms with E-state index in [0.29, 0.717) is 17.8 Å². The Balaban J connectivity index is 2.30. The molecule has 1 aliphatic rings. The molecule has 1 aromatic carbocycles. The van der Waals surface area contributed by atoms with Gasteiger partial charge in [0, 0.05) is 6.07 Å². The van der Waals surface area contributed by atoms with Crippen LogP contribution in [0, 0.1) is 11.8 Å². The molecule has 27 heavy (non-hydrogen) atoms. The lowest BCUT2D eigenvalue weighted by Crippen LogP contribution is -2.30. The van der Waals surface area contributed by atoms with E-state index < -0.39 is 0 Å². The molecule has 0 aliphatic heterocycles. The minimum atomic E-state index is 0.164. The number of benzene rings is 1. The van der Waals surface area contributed by atoms with Crippen molar-refractivity contribution in [2.45, 2.75) is 79.1 Å². The van der Waals surface area contributed by atoms with Crippen molar-refractivity contribution >= 4 is 11.6 Å². The third-order valence-corrected chi connectivity index (χ3v) is 7.05. The molecule has 1 aliphatic carbocycles. The zero-order chi connectivity index (χ0) is 20.1. The van der Waals surface area contributed by atoms with Crippen LogP contribution in [0.15, 0.2) is 28.9 Å². The molecule has 3 rings (SSSR count). The summed E-state index contributed by atoms with van der Waals surface area (Å²) in [5.41, 5.74) is 7.51. The quantitative estimate of drug-likeness (QED) is 0.572. The van der Waals surface area contributed by atoms with Crippen LogP contribution in [0.1, 0.15) is 96.2 Å². The largest absolute Gasteiger partial charge is 0.357 e. The summed E-state index contributed by atoms with van der Waals surface area (Å²) in [6, 6.07) is 6.91. The molecule has 0 N–H and O–H groups in total. The van der Waals surface area contributed by atoms with Crippen LogP contribution in [0.2, 0.25) is 0 Å². The molecule has 0 fully saturated rings. The molecule has 1 unspecified atom stereocenters. The first-order valence-electron chi connectivity index (χ1n) is 10.3. The van der Waals surface area contributed by atoms with Crippen molar-refractivity contribution in [1.29, 1.82) is 0 Å². The molecule has 146 valence electrons. The molecular formula is C25H35NO. The number of hydrogen-bond donors (Lipinski definition) is 0. The first kappa shape index (κ1) is 19.9. The summed E-state index contributed by atoms with van der Waals surface area (Å²) in [5.74, 6) is 2.29. The summed E-state index contributed by atoms with van der Waals surface area (Å²) in [5, 5.41) is 3.88. The third-order valence-electron chi connectivity index (χ3n) is 7.05. The fourth-order valence-corrected chi connectivity index (χ4v) is 4.79. The van der Waals surface area contributed by atoms with Gasteiger partial charge in [0.2, 0.25) is 0 Å². The predicted molar refractivity (Wildman–Crippen MR) is 115 cm³/mol. The van der Waals surface area contributed by atoms with E-state index in [1.807, 2.05) is 6.07 Å². The van der Waals surface area contributed by atoms with Crippen molar-refractivity contribution in [2.24, 2.45) is 11.8 Å². The molecule has 1 atom stereocenters. The van der Waals surface area contributed by atoms with E-state index >= 15 is 0 Å². The zero-order valence-electron chi connectivity index (χ0n) is 18.5. The van der Waals surface area contributed by atoms with Gasteiger partial charge < -0.3 is 4.52 Å². The first-order chi connectivity index (χ1) is 12.5. The van der Waals surface area contributed by atoms with Crippen molar-refractivity contribution in [3.63, 3.8) is 0 Å². The Morgan fingerprint density at radius 3 is 2.11 bits per heavy atom.